The van der Waals surface area contributed by atoms with E-state index in [4.69, 9.17) is 20.6 Å². The first-order chi connectivity index (χ1) is 12.2. The van der Waals surface area contributed by atoms with Gasteiger partial charge in [-0.15, -0.1) is 11.3 Å². The normalized spacial score (nSPS) is 21.7. The molecule has 1 saturated heterocycles. The van der Waals surface area contributed by atoms with Crippen molar-refractivity contribution in [2.24, 2.45) is 5.73 Å². The third kappa shape index (κ3) is 5.73. The standard InChI is InChI=1S/C18H28N4O2S/c19-16-10-18(24-12-17(16)20)21-5-4-8-23-14-9-15(25-13-14)11-22-6-2-1-3-7-22/h9,12-13,18-19,21H,1-8,10-11,20H2/t18-/m0/s1. The van der Waals surface area contributed by atoms with Gasteiger partial charge in [-0.05, 0) is 38.4 Å². The van der Waals surface area contributed by atoms with Crippen molar-refractivity contribution in [3.63, 3.8) is 0 Å². The number of ether oxygens (including phenoxy) is 2. The maximum atomic E-state index is 7.71. The van der Waals surface area contributed by atoms with Gasteiger partial charge in [-0.2, -0.15) is 0 Å². The number of thiophene rings is 1. The van der Waals surface area contributed by atoms with Gasteiger partial charge in [-0.1, -0.05) is 6.42 Å². The van der Waals surface area contributed by atoms with Gasteiger partial charge < -0.3 is 20.6 Å². The van der Waals surface area contributed by atoms with Crippen molar-refractivity contribution in [1.82, 2.24) is 10.2 Å². The summed E-state index contributed by atoms with van der Waals surface area (Å²) in [5.74, 6) is 0.975. The van der Waals surface area contributed by atoms with Crippen molar-refractivity contribution in [3.05, 3.63) is 28.3 Å². The van der Waals surface area contributed by atoms with Crippen molar-refractivity contribution < 1.29 is 9.47 Å². The Kier molecular flexibility index (Phi) is 6.72. The average Bonchev–Trinajstić information content (AvgIpc) is 3.06. The van der Waals surface area contributed by atoms with Gasteiger partial charge in [0.05, 0.1) is 18.0 Å². The molecule has 138 valence electrons. The highest BCUT2D eigenvalue weighted by molar-refractivity contribution is 7.10. The lowest BCUT2D eigenvalue weighted by Gasteiger charge is -2.25. The molecule has 0 aromatic carbocycles. The monoisotopic (exact) mass is 364 g/mol. The Labute approximate surface area is 153 Å². The number of rotatable bonds is 8. The third-order valence-electron chi connectivity index (χ3n) is 4.52. The summed E-state index contributed by atoms with van der Waals surface area (Å²) in [6.45, 7) is 4.96. The largest absolute Gasteiger partial charge is 0.493 e. The summed E-state index contributed by atoms with van der Waals surface area (Å²) in [7, 11) is 0. The summed E-state index contributed by atoms with van der Waals surface area (Å²) >= 11 is 1.79. The van der Waals surface area contributed by atoms with Crippen LogP contribution in [0.1, 0.15) is 37.0 Å². The van der Waals surface area contributed by atoms with Crippen LogP contribution in [0.3, 0.4) is 0 Å². The first-order valence-electron chi connectivity index (χ1n) is 9.05. The number of allylic oxidation sites excluding steroid dienone is 1. The number of nitrogens with one attached hydrogen (secondary N) is 2. The van der Waals surface area contributed by atoms with Crippen LogP contribution >= 0.6 is 11.3 Å². The molecule has 1 fully saturated rings. The fourth-order valence-electron chi connectivity index (χ4n) is 3.08. The molecule has 0 radical (unpaired) electrons. The second-order valence-electron chi connectivity index (χ2n) is 6.62. The van der Waals surface area contributed by atoms with E-state index in [1.54, 1.807) is 11.3 Å². The van der Waals surface area contributed by atoms with Crippen LogP contribution in [-0.2, 0) is 11.3 Å². The highest BCUT2D eigenvalue weighted by Crippen LogP contribution is 2.24. The molecule has 6 nitrogen and oxygen atoms in total. The van der Waals surface area contributed by atoms with Crippen molar-refractivity contribution >= 4 is 17.0 Å². The van der Waals surface area contributed by atoms with Gasteiger partial charge in [0, 0.05) is 29.8 Å². The van der Waals surface area contributed by atoms with Gasteiger partial charge in [-0.25, -0.2) is 0 Å². The maximum absolute atomic E-state index is 7.71. The van der Waals surface area contributed by atoms with Crippen molar-refractivity contribution in [2.45, 2.75) is 44.9 Å². The topological polar surface area (TPSA) is 83.6 Å². The molecule has 3 rings (SSSR count). The first-order valence-corrected chi connectivity index (χ1v) is 9.93. The summed E-state index contributed by atoms with van der Waals surface area (Å²) in [5, 5.41) is 13.1. The SMILES string of the molecule is N=C1C[C@@H](NCCCOc2csc(CN3CCCCC3)c2)OC=C1N. The van der Waals surface area contributed by atoms with E-state index < -0.39 is 0 Å². The average molecular weight is 365 g/mol. The van der Waals surface area contributed by atoms with Gasteiger partial charge in [0.1, 0.15) is 12.0 Å². The Morgan fingerprint density at radius 3 is 3.00 bits per heavy atom. The van der Waals surface area contributed by atoms with Gasteiger partial charge in [0.25, 0.3) is 0 Å². The van der Waals surface area contributed by atoms with E-state index >= 15 is 0 Å². The van der Waals surface area contributed by atoms with E-state index in [0.717, 1.165) is 25.3 Å². The minimum Gasteiger partial charge on any atom is -0.493 e. The van der Waals surface area contributed by atoms with E-state index in [2.05, 4.69) is 21.7 Å². The Hall–Kier alpha value is -1.57. The van der Waals surface area contributed by atoms with Crippen molar-refractivity contribution in [2.75, 3.05) is 26.2 Å². The fourth-order valence-corrected chi connectivity index (χ4v) is 3.93. The molecule has 1 atom stereocenters. The third-order valence-corrected chi connectivity index (χ3v) is 5.42. The molecule has 0 bridgehead atoms. The fraction of sp³-hybridized carbons (Fsp3) is 0.611. The molecule has 7 heteroatoms. The molecule has 1 aromatic heterocycles. The number of nitrogens with zero attached hydrogens (tertiary/aromatic N) is 1. The quantitative estimate of drug-likeness (QED) is 0.618. The molecule has 0 saturated carbocycles. The summed E-state index contributed by atoms with van der Waals surface area (Å²) in [6, 6.07) is 2.17. The van der Waals surface area contributed by atoms with Crippen LogP contribution in [0.15, 0.2) is 23.4 Å². The first kappa shape index (κ1) is 18.2. The molecule has 2 aliphatic rings. The lowest BCUT2D eigenvalue weighted by atomic mass is 10.1. The summed E-state index contributed by atoms with van der Waals surface area (Å²) in [6.07, 6.45) is 6.73. The van der Waals surface area contributed by atoms with Crippen LogP contribution in [0.2, 0.25) is 0 Å². The minimum atomic E-state index is -0.155. The predicted molar refractivity (Wildman–Crippen MR) is 101 cm³/mol. The number of likely N-dealkylation sites (tertiary alicyclic amines) is 1. The smallest absolute Gasteiger partial charge is 0.155 e. The zero-order valence-electron chi connectivity index (χ0n) is 14.6. The molecule has 2 aliphatic heterocycles. The van der Waals surface area contributed by atoms with Crippen LogP contribution < -0.4 is 15.8 Å². The number of hydrogen-bond acceptors (Lipinski definition) is 7. The predicted octanol–water partition coefficient (Wildman–Crippen LogP) is 2.66. The van der Waals surface area contributed by atoms with Crippen LogP contribution in [0.4, 0.5) is 0 Å². The molecule has 0 spiro atoms. The molecular weight excluding hydrogens is 336 g/mol. The molecule has 0 aliphatic carbocycles. The summed E-state index contributed by atoms with van der Waals surface area (Å²) < 4.78 is 11.3. The molecule has 25 heavy (non-hydrogen) atoms. The van der Waals surface area contributed by atoms with E-state index in [0.29, 0.717) is 24.4 Å². The van der Waals surface area contributed by atoms with Crippen molar-refractivity contribution in [1.29, 1.82) is 5.41 Å². The molecule has 0 unspecified atom stereocenters. The van der Waals surface area contributed by atoms with E-state index in [-0.39, 0.29) is 6.23 Å². The Morgan fingerprint density at radius 2 is 2.20 bits per heavy atom. The minimum absolute atomic E-state index is 0.155. The molecule has 1 aromatic rings. The van der Waals surface area contributed by atoms with Crippen LogP contribution in [0, 0.1) is 5.41 Å². The van der Waals surface area contributed by atoms with Crippen molar-refractivity contribution in [3.8, 4) is 5.75 Å². The zero-order valence-corrected chi connectivity index (χ0v) is 15.4. The van der Waals surface area contributed by atoms with Crippen LogP contribution in [-0.4, -0.2) is 43.1 Å². The number of hydrogen-bond donors (Lipinski definition) is 3. The zero-order chi connectivity index (χ0) is 17.5. The molecule has 3 heterocycles. The molecular formula is C18H28N4O2S. The Morgan fingerprint density at radius 1 is 1.36 bits per heavy atom. The highest BCUT2D eigenvalue weighted by Gasteiger charge is 2.17. The number of nitrogens with two attached hydrogens (primary N) is 1. The van der Waals surface area contributed by atoms with Gasteiger partial charge in [0.15, 0.2) is 6.23 Å². The number of piperidine rings is 1. The highest BCUT2D eigenvalue weighted by atomic mass is 32.1. The Bertz CT molecular complexity index is 596. The van der Waals surface area contributed by atoms with Crippen LogP contribution in [0.25, 0.3) is 0 Å². The lowest BCUT2D eigenvalue weighted by molar-refractivity contribution is 0.109. The second-order valence-corrected chi connectivity index (χ2v) is 7.62. The molecule has 4 N–H and O–H groups in total. The summed E-state index contributed by atoms with van der Waals surface area (Å²) in [5.41, 5.74) is 6.45. The van der Waals surface area contributed by atoms with E-state index in [1.165, 1.54) is 43.5 Å². The van der Waals surface area contributed by atoms with Crippen LogP contribution in [0.5, 0.6) is 5.75 Å². The van der Waals surface area contributed by atoms with E-state index in [1.807, 2.05) is 0 Å². The van der Waals surface area contributed by atoms with Gasteiger partial charge >= 0.3 is 0 Å². The van der Waals surface area contributed by atoms with Gasteiger partial charge in [0.2, 0.25) is 0 Å². The summed E-state index contributed by atoms with van der Waals surface area (Å²) in [4.78, 5) is 3.92. The van der Waals surface area contributed by atoms with E-state index in [9.17, 15) is 0 Å². The Balaban J connectivity index is 1.29. The lowest BCUT2D eigenvalue weighted by Crippen LogP contribution is -2.37. The van der Waals surface area contributed by atoms with Gasteiger partial charge in [-0.3, -0.25) is 10.2 Å². The second kappa shape index (κ2) is 9.22. The maximum Gasteiger partial charge on any atom is 0.155 e. The molecule has 0 amide bonds.